The molecule has 1 heteroatoms. The van der Waals surface area contributed by atoms with E-state index in [9.17, 15) is 5.11 Å². The van der Waals surface area contributed by atoms with Gasteiger partial charge in [0.15, 0.2) is 0 Å². The first-order chi connectivity index (χ1) is 5.84. The molecule has 0 aromatic heterocycles. The maximum atomic E-state index is 9.74. The minimum Gasteiger partial charge on any atom is -0.389 e. The summed E-state index contributed by atoms with van der Waals surface area (Å²) in [5, 5.41) is 9.74. The second-order valence-corrected chi connectivity index (χ2v) is 3.68. The number of unbranched alkanes of at least 4 members (excludes halogenated alkanes) is 1. The Morgan fingerprint density at radius 1 is 1.50 bits per heavy atom. The summed E-state index contributed by atoms with van der Waals surface area (Å²) in [5.41, 5.74) is 1.30. The Bertz CT molecular complexity index is 149. The molecule has 0 aromatic rings. The van der Waals surface area contributed by atoms with Gasteiger partial charge in [-0.2, -0.15) is 0 Å². The molecular weight excluding hydrogens is 148 g/mol. The standard InChI is InChI=1S/C11H20O/c1-2-3-9-11(12)10-7-5-4-6-8-10/h7,11-12H,2-6,8-9H2,1H3. The lowest BCUT2D eigenvalue weighted by atomic mass is 9.93. The van der Waals surface area contributed by atoms with Crippen LogP contribution in [0.5, 0.6) is 0 Å². The van der Waals surface area contributed by atoms with Crippen molar-refractivity contribution in [3.8, 4) is 0 Å². The summed E-state index contributed by atoms with van der Waals surface area (Å²) in [5.74, 6) is 0. The van der Waals surface area contributed by atoms with Crippen molar-refractivity contribution in [2.75, 3.05) is 0 Å². The van der Waals surface area contributed by atoms with Gasteiger partial charge in [0.05, 0.1) is 6.10 Å². The van der Waals surface area contributed by atoms with Crippen molar-refractivity contribution in [1.82, 2.24) is 0 Å². The van der Waals surface area contributed by atoms with Gasteiger partial charge in [-0.1, -0.05) is 25.8 Å². The average Bonchev–Trinajstić information content (AvgIpc) is 2.15. The number of rotatable bonds is 4. The molecule has 0 spiro atoms. The Morgan fingerprint density at radius 2 is 2.33 bits per heavy atom. The van der Waals surface area contributed by atoms with Gasteiger partial charge >= 0.3 is 0 Å². The first kappa shape index (κ1) is 9.79. The fourth-order valence-electron chi connectivity index (χ4n) is 1.75. The number of aliphatic hydroxyl groups excluding tert-OH is 1. The van der Waals surface area contributed by atoms with Crippen LogP contribution in [-0.4, -0.2) is 11.2 Å². The van der Waals surface area contributed by atoms with Crippen molar-refractivity contribution in [3.05, 3.63) is 11.6 Å². The third kappa shape index (κ3) is 2.98. The van der Waals surface area contributed by atoms with Gasteiger partial charge in [-0.05, 0) is 37.7 Å². The molecule has 0 saturated carbocycles. The highest BCUT2D eigenvalue weighted by atomic mass is 16.3. The van der Waals surface area contributed by atoms with Crippen molar-refractivity contribution in [1.29, 1.82) is 0 Å². The van der Waals surface area contributed by atoms with Crippen molar-refractivity contribution in [3.63, 3.8) is 0 Å². The second kappa shape index (κ2) is 5.36. The number of hydrogen-bond donors (Lipinski definition) is 1. The molecule has 0 amide bonds. The second-order valence-electron chi connectivity index (χ2n) is 3.68. The van der Waals surface area contributed by atoms with Crippen molar-refractivity contribution >= 4 is 0 Å². The van der Waals surface area contributed by atoms with Crippen LogP contribution in [0.25, 0.3) is 0 Å². The number of aliphatic hydroxyl groups is 1. The van der Waals surface area contributed by atoms with E-state index in [4.69, 9.17) is 0 Å². The van der Waals surface area contributed by atoms with Gasteiger partial charge < -0.3 is 5.11 Å². The zero-order valence-corrected chi connectivity index (χ0v) is 8.05. The van der Waals surface area contributed by atoms with E-state index < -0.39 is 0 Å². The lowest BCUT2D eigenvalue weighted by Gasteiger charge is -2.18. The molecule has 0 bridgehead atoms. The fraction of sp³-hybridized carbons (Fsp3) is 0.818. The predicted molar refractivity (Wildman–Crippen MR) is 52.1 cm³/mol. The molecule has 0 radical (unpaired) electrons. The van der Waals surface area contributed by atoms with Gasteiger partial charge in [0.1, 0.15) is 0 Å². The highest BCUT2D eigenvalue weighted by molar-refractivity contribution is 5.10. The van der Waals surface area contributed by atoms with Crippen molar-refractivity contribution in [2.24, 2.45) is 0 Å². The third-order valence-corrected chi connectivity index (χ3v) is 2.59. The Labute approximate surface area is 75.5 Å². The number of allylic oxidation sites excluding steroid dienone is 1. The van der Waals surface area contributed by atoms with Crippen molar-refractivity contribution in [2.45, 2.75) is 58.0 Å². The molecule has 1 atom stereocenters. The SMILES string of the molecule is CCCCC(O)C1=CCCCC1. The van der Waals surface area contributed by atoms with Crippen LogP contribution >= 0.6 is 0 Å². The molecule has 1 aliphatic carbocycles. The molecule has 0 saturated heterocycles. The van der Waals surface area contributed by atoms with E-state index >= 15 is 0 Å². The molecule has 70 valence electrons. The Hall–Kier alpha value is -0.300. The molecule has 0 fully saturated rings. The van der Waals surface area contributed by atoms with E-state index in [1.165, 1.54) is 31.3 Å². The highest BCUT2D eigenvalue weighted by Crippen LogP contribution is 2.22. The maximum Gasteiger partial charge on any atom is 0.0750 e. The maximum absolute atomic E-state index is 9.74. The summed E-state index contributed by atoms with van der Waals surface area (Å²) in [7, 11) is 0. The molecule has 0 aliphatic heterocycles. The Balaban J connectivity index is 2.29. The van der Waals surface area contributed by atoms with Gasteiger partial charge in [-0.3, -0.25) is 0 Å². The molecular formula is C11H20O. The van der Waals surface area contributed by atoms with Gasteiger partial charge in [0.2, 0.25) is 0 Å². The molecule has 1 rings (SSSR count). The van der Waals surface area contributed by atoms with E-state index in [1.807, 2.05) is 0 Å². The van der Waals surface area contributed by atoms with E-state index in [2.05, 4.69) is 13.0 Å². The van der Waals surface area contributed by atoms with E-state index in [0.717, 1.165) is 19.3 Å². The molecule has 1 N–H and O–H groups in total. The van der Waals surface area contributed by atoms with E-state index in [0.29, 0.717) is 0 Å². The van der Waals surface area contributed by atoms with Crippen LogP contribution < -0.4 is 0 Å². The van der Waals surface area contributed by atoms with Crippen LogP contribution in [0.2, 0.25) is 0 Å². The quantitative estimate of drug-likeness (QED) is 0.640. The summed E-state index contributed by atoms with van der Waals surface area (Å²) in [6, 6.07) is 0. The largest absolute Gasteiger partial charge is 0.389 e. The van der Waals surface area contributed by atoms with Gasteiger partial charge in [-0.25, -0.2) is 0 Å². The molecule has 1 unspecified atom stereocenters. The van der Waals surface area contributed by atoms with Crippen LogP contribution in [0.1, 0.15) is 51.9 Å². The Morgan fingerprint density at radius 3 is 2.92 bits per heavy atom. The third-order valence-electron chi connectivity index (χ3n) is 2.59. The van der Waals surface area contributed by atoms with Gasteiger partial charge in [0.25, 0.3) is 0 Å². The lowest BCUT2D eigenvalue weighted by molar-refractivity contribution is 0.190. The molecule has 1 aliphatic rings. The van der Waals surface area contributed by atoms with Crippen molar-refractivity contribution < 1.29 is 5.11 Å². The van der Waals surface area contributed by atoms with Gasteiger partial charge in [0, 0.05) is 0 Å². The minimum absolute atomic E-state index is 0.134. The van der Waals surface area contributed by atoms with Crippen LogP contribution in [0, 0.1) is 0 Å². The van der Waals surface area contributed by atoms with E-state index in [-0.39, 0.29) is 6.10 Å². The smallest absolute Gasteiger partial charge is 0.0750 e. The first-order valence-electron chi connectivity index (χ1n) is 5.21. The number of hydrogen-bond acceptors (Lipinski definition) is 1. The van der Waals surface area contributed by atoms with Crippen LogP contribution in [0.3, 0.4) is 0 Å². The minimum atomic E-state index is -0.134. The summed E-state index contributed by atoms with van der Waals surface area (Å²) in [6.45, 7) is 2.17. The van der Waals surface area contributed by atoms with Crippen LogP contribution in [0.15, 0.2) is 11.6 Å². The summed E-state index contributed by atoms with van der Waals surface area (Å²) >= 11 is 0. The van der Waals surface area contributed by atoms with Crippen LogP contribution in [0.4, 0.5) is 0 Å². The summed E-state index contributed by atoms with van der Waals surface area (Å²) in [6.07, 6.45) is 10.3. The van der Waals surface area contributed by atoms with Crippen LogP contribution in [-0.2, 0) is 0 Å². The summed E-state index contributed by atoms with van der Waals surface area (Å²) in [4.78, 5) is 0. The van der Waals surface area contributed by atoms with E-state index in [1.54, 1.807) is 0 Å². The average molecular weight is 168 g/mol. The zero-order valence-electron chi connectivity index (χ0n) is 8.05. The lowest BCUT2D eigenvalue weighted by Crippen LogP contribution is -2.12. The zero-order chi connectivity index (χ0) is 8.81. The Kier molecular flexibility index (Phi) is 4.37. The van der Waals surface area contributed by atoms with Gasteiger partial charge in [-0.15, -0.1) is 0 Å². The first-order valence-corrected chi connectivity index (χ1v) is 5.21. The topological polar surface area (TPSA) is 20.2 Å². The normalized spacial score (nSPS) is 20.3. The highest BCUT2D eigenvalue weighted by Gasteiger charge is 2.11. The molecule has 1 nitrogen and oxygen atoms in total. The monoisotopic (exact) mass is 168 g/mol. The molecule has 0 heterocycles. The predicted octanol–water partition coefficient (Wildman–Crippen LogP) is 3.04. The fourth-order valence-corrected chi connectivity index (χ4v) is 1.75. The molecule has 0 aromatic carbocycles. The molecule has 12 heavy (non-hydrogen) atoms. The summed E-state index contributed by atoms with van der Waals surface area (Å²) < 4.78 is 0.